The van der Waals surface area contributed by atoms with Crippen molar-refractivity contribution in [3.05, 3.63) is 56.6 Å². The molecule has 9 nitrogen and oxygen atoms in total. The Morgan fingerprint density at radius 2 is 1.76 bits per heavy atom. The molecular formula is C12H12N4O5. The van der Waals surface area contributed by atoms with Crippen LogP contribution in [0.25, 0.3) is 0 Å². The van der Waals surface area contributed by atoms with Crippen LogP contribution in [0.5, 0.6) is 0 Å². The lowest BCUT2D eigenvalue weighted by Crippen LogP contribution is -2.17. The van der Waals surface area contributed by atoms with Crippen LogP contribution in [0.3, 0.4) is 0 Å². The van der Waals surface area contributed by atoms with Crippen LogP contribution in [0.15, 0.2) is 36.0 Å². The molecule has 0 aliphatic carbocycles. The zero-order valence-electron chi connectivity index (χ0n) is 10.9. The Kier molecular flexibility index (Phi) is 5.68. The van der Waals surface area contributed by atoms with Crippen molar-refractivity contribution in [2.24, 2.45) is 5.10 Å². The van der Waals surface area contributed by atoms with Gasteiger partial charge in [0.15, 0.2) is 0 Å². The number of benzene rings is 1. The zero-order valence-corrected chi connectivity index (χ0v) is 10.9. The van der Waals surface area contributed by atoms with Crippen LogP contribution in [0.2, 0.25) is 0 Å². The molecule has 0 fully saturated rings. The Labute approximate surface area is 119 Å². The summed E-state index contributed by atoms with van der Waals surface area (Å²) >= 11 is 0. The fourth-order valence-corrected chi connectivity index (χ4v) is 1.36. The highest BCUT2D eigenvalue weighted by atomic mass is 16.6. The average Bonchev–Trinajstić information content (AvgIpc) is 2.46. The van der Waals surface area contributed by atoms with E-state index < -0.39 is 27.1 Å². The van der Waals surface area contributed by atoms with E-state index in [2.05, 4.69) is 17.1 Å². The fourth-order valence-electron chi connectivity index (χ4n) is 1.36. The van der Waals surface area contributed by atoms with Gasteiger partial charge in [0, 0.05) is 18.3 Å². The summed E-state index contributed by atoms with van der Waals surface area (Å²) in [5, 5.41) is 25.0. The fraction of sp³-hybridized carbons (Fsp3) is 0.167. The molecule has 0 bridgehead atoms. The van der Waals surface area contributed by atoms with E-state index in [0.717, 1.165) is 18.2 Å². The van der Waals surface area contributed by atoms with E-state index in [0.29, 0.717) is 12.8 Å². The number of hydrazone groups is 1. The molecule has 0 radical (unpaired) electrons. The molecule has 0 aromatic heterocycles. The normalized spacial score (nSPS) is 10.3. The number of hydrogen-bond donors (Lipinski definition) is 1. The number of nitro groups is 2. The highest BCUT2D eigenvalue weighted by Crippen LogP contribution is 2.22. The molecule has 0 heterocycles. The molecular weight excluding hydrogens is 280 g/mol. The highest BCUT2D eigenvalue weighted by Gasteiger charge is 2.19. The van der Waals surface area contributed by atoms with Crippen LogP contribution in [0.4, 0.5) is 11.4 Å². The number of carbonyl (C=O) groups is 1. The van der Waals surface area contributed by atoms with Gasteiger partial charge in [-0.25, -0.2) is 5.43 Å². The largest absolute Gasteiger partial charge is 0.277 e. The van der Waals surface area contributed by atoms with E-state index in [1.165, 1.54) is 6.21 Å². The van der Waals surface area contributed by atoms with Crippen LogP contribution in [-0.2, 0) is 0 Å². The Morgan fingerprint density at radius 1 is 1.19 bits per heavy atom. The molecule has 0 saturated heterocycles. The van der Waals surface area contributed by atoms with Crippen molar-refractivity contribution < 1.29 is 14.6 Å². The first-order chi connectivity index (χ1) is 9.95. The number of non-ortho nitro benzene ring substituents is 2. The van der Waals surface area contributed by atoms with Gasteiger partial charge >= 0.3 is 0 Å². The molecule has 1 rings (SSSR count). The Bertz CT molecular complexity index is 579. The monoisotopic (exact) mass is 292 g/mol. The van der Waals surface area contributed by atoms with E-state index >= 15 is 0 Å². The van der Waals surface area contributed by atoms with Crippen molar-refractivity contribution in [2.75, 3.05) is 0 Å². The van der Waals surface area contributed by atoms with Gasteiger partial charge in [0.05, 0.1) is 21.5 Å². The number of hydrogen-bond acceptors (Lipinski definition) is 6. The van der Waals surface area contributed by atoms with Crippen molar-refractivity contribution in [2.45, 2.75) is 12.8 Å². The van der Waals surface area contributed by atoms with Gasteiger partial charge in [-0.15, -0.1) is 6.58 Å². The third kappa shape index (κ3) is 4.82. The highest BCUT2D eigenvalue weighted by molar-refractivity contribution is 5.95. The lowest BCUT2D eigenvalue weighted by molar-refractivity contribution is -0.394. The molecule has 1 N–H and O–H groups in total. The maximum absolute atomic E-state index is 11.7. The maximum atomic E-state index is 11.7. The summed E-state index contributed by atoms with van der Waals surface area (Å²) in [6.07, 6.45) is 4.36. The summed E-state index contributed by atoms with van der Waals surface area (Å²) in [4.78, 5) is 31.5. The van der Waals surface area contributed by atoms with E-state index in [1.807, 2.05) is 0 Å². The summed E-state index contributed by atoms with van der Waals surface area (Å²) in [5.41, 5.74) is 0.856. The molecule has 0 saturated carbocycles. The van der Waals surface area contributed by atoms with Crippen LogP contribution < -0.4 is 5.43 Å². The SMILES string of the molecule is C=CCCC=NNC(=O)c1cc([N+](=O)[O-])cc([N+](=O)[O-])c1. The zero-order chi connectivity index (χ0) is 15.8. The first kappa shape index (κ1) is 16.0. The molecule has 21 heavy (non-hydrogen) atoms. The summed E-state index contributed by atoms with van der Waals surface area (Å²) in [7, 11) is 0. The predicted molar refractivity (Wildman–Crippen MR) is 75.1 cm³/mol. The first-order valence-corrected chi connectivity index (χ1v) is 5.82. The van der Waals surface area contributed by atoms with Gasteiger partial charge in [-0.3, -0.25) is 25.0 Å². The lowest BCUT2D eigenvalue weighted by Gasteiger charge is -2.00. The van der Waals surface area contributed by atoms with Gasteiger partial charge in [-0.2, -0.15) is 5.10 Å². The molecule has 110 valence electrons. The molecule has 0 spiro atoms. The van der Waals surface area contributed by atoms with Crippen molar-refractivity contribution in [1.82, 2.24) is 5.43 Å². The number of amides is 1. The van der Waals surface area contributed by atoms with Gasteiger partial charge in [-0.05, 0) is 12.8 Å². The Balaban J connectivity index is 2.92. The van der Waals surface area contributed by atoms with E-state index in [1.54, 1.807) is 6.08 Å². The van der Waals surface area contributed by atoms with Crippen molar-refractivity contribution in [3.63, 3.8) is 0 Å². The molecule has 1 aromatic rings. The number of nitrogens with zero attached hydrogens (tertiary/aromatic N) is 3. The molecule has 0 atom stereocenters. The Hall–Kier alpha value is -3.10. The van der Waals surface area contributed by atoms with Crippen molar-refractivity contribution >= 4 is 23.5 Å². The van der Waals surface area contributed by atoms with E-state index in [-0.39, 0.29) is 5.56 Å². The summed E-state index contributed by atoms with van der Waals surface area (Å²) < 4.78 is 0. The van der Waals surface area contributed by atoms with Crippen molar-refractivity contribution in [3.8, 4) is 0 Å². The summed E-state index contributed by atoms with van der Waals surface area (Å²) in [6.45, 7) is 3.52. The van der Waals surface area contributed by atoms with Crippen LogP contribution in [0.1, 0.15) is 23.2 Å². The van der Waals surface area contributed by atoms with Gasteiger partial charge in [-0.1, -0.05) is 6.08 Å². The third-order valence-corrected chi connectivity index (χ3v) is 2.34. The minimum Gasteiger partial charge on any atom is -0.267 e. The second-order valence-electron chi connectivity index (χ2n) is 3.87. The lowest BCUT2D eigenvalue weighted by atomic mass is 10.1. The topological polar surface area (TPSA) is 128 Å². The summed E-state index contributed by atoms with van der Waals surface area (Å²) in [6, 6.07) is 2.67. The predicted octanol–water partition coefficient (Wildman–Crippen LogP) is 2.18. The van der Waals surface area contributed by atoms with Crippen LogP contribution in [-0.4, -0.2) is 22.0 Å². The first-order valence-electron chi connectivity index (χ1n) is 5.82. The smallest absolute Gasteiger partial charge is 0.267 e. The number of carbonyl (C=O) groups excluding carboxylic acids is 1. The second kappa shape index (κ2) is 7.48. The minimum absolute atomic E-state index is 0.211. The molecule has 9 heteroatoms. The number of unbranched alkanes of at least 4 members (excludes halogenated alkanes) is 1. The molecule has 1 amide bonds. The molecule has 0 aliphatic heterocycles. The van der Waals surface area contributed by atoms with E-state index in [9.17, 15) is 25.0 Å². The average molecular weight is 292 g/mol. The molecule has 0 unspecified atom stereocenters. The molecule has 0 aliphatic rings. The van der Waals surface area contributed by atoms with Gasteiger partial charge in [0.1, 0.15) is 0 Å². The standard InChI is InChI=1S/C12H12N4O5/c1-2-3-4-5-13-14-12(17)9-6-10(15(18)19)8-11(7-9)16(20)21/h2,5-8H,1,3-4H2,(H,14,17). The van der Waals surface area contributed by atoms with Gasteiger partial charge < -0.3 is 0 Å². The van der Waals surface area contributed by atoms with Gasteiger partial charge in [0.2, 0.25) is 0 Å². The third-order valence-electron chi connectivity index (χ3n) is 2.34. The number of allylic oxidation sites excluding steroid dienone is 1. The van der Waals surface area contributed by atoms with Crippen LogP contribution >= 0.6 is 0 Å². The maximum Gasteiger partial charge on any atom is 0.277 e. The Morgan fingerprint density at radius 3 is 2.24 bits per heavy atom. The summed E-state index contributed by atoms with van der Waals surface area (Å²) in [5.74, 6) is -0.767. The number of nitro benzene ring substituents is 2. The van der Waals surface area contributed by atoms with Crippen molar-refractivity contribution in [1.29, 1.82) is 0 Å². The quantitative estimate of drug-likeness (QED) is 0.271. The minimum atomic E-state index is -0.808. The second-order valence-corrected chi connectivity index (χ2v) is 3.87. The number of rotatable bonds is 7. The number of nitrogens with one attached hydrogen (secondary N) is 1. The van der Waals surface area contributed by atoms with Gasteiger partial charge in [0.25, 0.3) is 17.3 Å². The van der Waals surface area contributed by atoms with E-state index in [4.69, 9.17) is 0 Å². The molecule has 1 aromatic carbocycles. The van der Waals surface area contributed by atoms with Crippen LogP contribution in [0, 0.1) is 20.2 Å².